The van der Waals surface area contributed by atoms with Crippen molar-refractivity contribution in [2.24, 2.45) is 0 Å². The Hall–Kier alpha value is -0.230. The van der Waals surface area contributed by atoms with Crippen LogP contribution in [0.3, 0.4) is 0 Å². The molecule has 1 unspecified atom stereocenters. The topological polar surface area (TPSA) is 38.3 Å². The van der Waals surface area contributed by atoms with E-state index in [0.29, 0.717) is 12.6 Å². The minimum absolute atomic E-state index is 0.147. The van der Waals surface area contributed by atoms with E-state index < -0.39 is 0 Å². The average Bonchev–Trinajstić information content (AvgIpc) is 2.89. The van der Waals surface area contributed by atoms with Crippen molar-refractivity contribution in [3.8, 4) is 0 Å². The summed E-state index contributed by atoms with van der Waals surface area (Å²) in [5.74, 6) is 0.147. The number of carbonyl (C=O) groups excluding carboxylic acids is 1. The normalized spacial score (nSPS) is 20.2. The van der Waals surface area contributed by atoms with Crippen LogP contribution in [0, 0.1) is 0 Å². The number of halogens is 1. The zero-order valence-corrected chi connectivity index (χ0v) is 11.3. The van der Waals surface area contributed by atoms with Crippen LogP contribution >= 0.6 is 27.3 Å². The van der Waals surface area contributed by atoms with Crippen LogP contribution in [0.2, 0.25) is 0 Å². The van der Waals surface area contributed by atoms with E-state index in [-0.39, 0.29) is 5.78 Å². The standard InChI is InChI=1S/C11H14BrNO2S/c12-11-4-3-10(16-11)9(14)7-13-6-8-2-1-5-15-8/h3-4,8,13H,1-2,5-7H2. The Kier molecular flexibility index (Phi) is 4.52. The van der Waals surface area contributed by atoms with Crippen LogP contribution in [0.4, 0.5) is 0 Å². The molecule has 0 amide bonds. The molecule has 0 aromatic carbocycles. The second-order valence-electron chi connectivity index (χ2n) is 3.79. The molecule has 16 heavy (non-hydrogen) atoms. The van der Waals surface area contributed by atoms with E-state index in [2.05, 4.69) is 21.2 Å². The molecule has 1 fully saturated rings. The molecule has 2 rings (SSSR count). The predicted octanol–water partition coefficient (Wildman–Crippen LogP) is 2.46. The molecule has 1 saturated heterocycles. The van der Waals surface area contributed by atoms with E-state index >= 15 is 0 Å². The molecular weight excluding hydrogens is 290 g/mol. The Morgan fingerprint density at radius 3 is 3.12 bits per heavy atom. The highest BCUT2D eigenvalue weighted by Crippen LogP contribution is 2.22. The second kappa shape index (κ2) is 5.91. The van der Waals surface area contributed by atoms with E-state index in [4.69, 9.17) is 4.74 Å². The van der Waals surface area contributed by atoms with Crippen LogP contribution in [-0.2, 0) is 4.74 Å². The molecule has 1 aliphatic rings. The molecule has 88 valence electrons. The first kappa shape index (κ1) is 12.2. The smallest absolute Gasteiger partial charge is 0.186 e. The molecule has 0 aliphatic carbocycles. The fraction of sp³-hybridized carbons (Fsp3) is 0.545. The quantitative estimate of drug-likeness (QED) is 0.849. The summed E-state index contributed by atoms with van der Waals surface area (Å²) in [6.07, 6.45) is 2.53. The minimum Gasteiger partial charge on any atom is -0.377 e. The number of ether oxygens (including phenoxy) is 1. The fourth-order valence-electron chi connectivity index (χ4n) is 1.70. The summed E-state index contributed by atoms with van der Waals surface area (Å²) in [6.45, 7) is 2.03. The largest absolute Gasteiger partial charge is 0.377 e. The Morgan fingerprint density at radius 2 is 2.50 bits per heavy atom. The van der Waals surface area contributed by atoms with Gasteiger partial charge in [-0.05, 0) is 40.9 Å². The fourth-order valence-corrected chi connectivity index (χ4v) is 3.03. The van der Waals surface area contributed by atoms with Gasteiger partial charge in [0.05, 0.1) is 21.3 Å². The van der Waals surface area contributed by atoms with Crippen molar-refractivity contribution < 1.29 is 9.53 Å². The molecule has 1 aromatic heterocycles. The van der Waals surface area contributed by atoms with Gasteiger partial charge >= 0.3 is 0 Å². The maximum atomic E-state index is 11.7. The van der Waals surface area contributed by atoms with E-state index in [1.165, 1.54) is 11.3 Å². The van der Waals surface area contributed by atoms with Crippen LogP contribution in [-0.4, -0.2) is 31.6 Å². The number of thiophene rings is 1. The third-order valence-electron chi connectivity index (χ3n) is 2.53. The van der Waals surface area contributed by atoms with E-state index in [1.807, 2.05) is 12.1 Å². The molecule has 0 saturated carbocycles. The second-order valence-corrected chi connectivity index (χ2v) is 6.26. The van der Waals surface area contributed by atoms with Gasteiger partial charge in [0.1, 0.15) is 0 Å². The first-order valence-electron chi connectivity index (χ1n) is 5.36. The third kappa shape index (κ3) is 3.38. The Morgan fingerprint density at radius 1 is 1.62 bits per heavy atom. The van der Waals surface area contributed by atoms with Crippen molar-refractivity contribution in [2.75, 3.05) is 19.7 Å². The first-order valence-corrected chi connectivity index (χ1v) is 6.97. The molecule has 1 atom stereocenters. The van der Waals surface area contributed by atoms with E-state index in [0.717, 1.165) is 34.7 Å². The number of nitrogens with one attached hydrogen (secondary N) is 1. The molecule has 1 aromatic rings. The highest BCUT2D eigenvalue weighted by molar-refractivity contribution is 9.11. The summed E-state index contributed by atoms with van der Waals surface area (Å²) in [5.41, 5.74) is 0. The molecule has 0 bridgehead atoms. The van der Waals surface area contributed by atoms with Gasteiger partial charge in [-0.2, -0.15) is 0 Å². The summed E-state index contributed by atoms with van der Waals surface area (Å²) >= 11 is 4.82. The van der Waals surface area contributed by atoms with E-state index in [9.17, 15) is 4.79 Å². The van der Waals surface area contributed by atoms with Gasteiger partial charge in [0.25, 0.3) is 0 Å². The number of Topliss-reactive ketones (excluding diaryl/α,β-unsaturated/α-hetero) is 1. The number of hydrogen-bond donors (Lipinski definition) is 1. The van der Waals surface area contributed by atoms with Gasteiger partial charge in [-0.3, -0.25) is 4.79 Å². The van der Waals surface area contributed by atoms with Gasteiger partial charge in [0.15, 0.2) is 5.78 Å². The lowest BCUT2D eigenvalue weighted by Gasteiger charge is -2.09. The van der Waals surface area contributed by atoms with Crippen LogP contribution in [0.1, 0.15) is 22.5 Å². The van der Waals surface area contributed by atoms with Crippen LogP contribution in [0.25, 0.3) is 0 Å². The minimum atomic E-state index is 0.147. The third-order valence-corrected chi connectivity index (χ3v) is 4.19. The van der Waals surface area contributed by atoms with Gasteiger partial charge < -0.3 is 10.1 Å². The summed E-state index contributed by atoms with van der Waals surface area (Å²) in [5, 5.41) is 3.15. The predicted molar refractivity (Wildman–Crippen MR) is 68.2 cm³/mol. The summed E-state index contributed by atoms with van der Waals surface area (Å²) in [7, 11) is 0. The summed E-state index contributed by atoms with van der Waals surface area (Å²) in [6, 6.07) is 3.75. The van der Waals surface area contributed by atoms with Crippen LogP contribution in [0.15, 0.2) is 15.9 Å². The van der Waals surface area contributed by atoms with Gasteiger partial charge in [0, 0.05) is 13.2 Å². The van der Waals surface area contributed by atoms with Crippen LogP contribution < -0.4 is 5.32 Å². The van der Waals surface area contributed by atoms with Gasteiger partial charge in [-0.15, -0.1) is 11.3 Å². The van der Waals surface area contributed by atoms with Crippen molar-refractivity contribution in [3.63, 3.8) is 0 Å². The number of ketones is 1. The zero-order valence-electron chi connectivity index (χ0n) is 8.87. The lowest BCUT2D eigenvalue weighted by molar-refractivity contribution is 0.0959. The molecule has 1 aliphatic heterocycles. The highest BCUT2D eigenvalue weighted by Gasteiger charge is 2.15. The molecule has 2 heterocycles. The number of rotatable bonds is 5. The lowest BCUT2D eigenvalue weighted by Crippen LogP contribution is -2.30. The molecular formula is C11H14BrNO2S. The number of carbonyl (C=O) groups is 1. The van der Waals surface area contributed by atoms with Gasteiger partial charge in [-0.1, -0.05) is 0 Å². The Balaban J connectivity index is 1.71. The SMILES string of the molecule is O=C(CNCC1CCCO1)c1ccc(Br)s1. The average molecular weight is 304 g/mol. The monoisotopic (exact) mass is 303 g/mol. The zero-order chi connectivity index (χ0) is 11.4. The van der Waals surface area contributed by atoms with Crippen molar-refractivity contribution >= 4 is 33.0 Å². The maximum Gasteiger partial charge on any atom is 0.186 e. The van der Waals surface area contributed by atoms with Gasteiger partial charge in [0.2, 0.25) is 0 Å². The molecule has 5 heteroatoms. The summed E-state index contributed by atoms with van der Waals surface area (Å²) < 4.78 is 6.46. The summed E-state index contributed by atoms with van der Waals surface area (Å²) in [4.78, 5) is 12.5. The van der Waals surface area contributed by atoms with Crippen LogP contribution in [0.5, 0.6) is 0 Å². The van der Waals surface area contributed by atoms with Gasteiger partial charge in [-0.25, -0.2) is 0 Å². The maximum absolute atomic E-state index is 11.7. The van der Waals surface area contributed by atoms with Crippen molar-refractivity contribution in [1.29, 1.82) is 0 Å². The van der Waals surface area contributed by atoms with E-state index in [1.54, 1.807) is 0 Å². The van der Waals surface area contributed by atoms with Crippen molar-refractivity contribution in [3.05, 3.63) is 20.8 Å². The highest BCUT2D eigenvalue weighted by atomic mass is 79.9. The Labute approximate surface area is 107 Å². The first-order chi connectivity index (χ1) is 7.75. The molecule has 1 N–H and O–H groups in total. The Bertz CT molecular complexity index is 361. The molecule has 3 nitrogen and oxygen atoms in total. The van der Waals surface area contributed by atoms with Crippen molar-refractivity contribution in [2.45, 2.75) is 18.9 Å². The van der Waals surface area contributed by atoms with Crippen molar-refractivity contribution in [1.82, 2.24) is 5.32 Å². The number of hydrogen-bond acceptors (Lipinski definition) is 4. The molecule has 0 radical (unpaired) electrons. The lowest BCUT2D eigenvalue weighted by atomic mass is 10.2. The molecule has 0 spiro atoms.